The maximum absolute atomic E-state index is 6.23. The monoisotopic (exact) mass is 302 g/mol. The molecule has 0 amide bonds. The van der Waals surface area contributed by atoms with Gasteiger partial charge in [-0.3, -0.25) is 0 Å². The smallest absolute Gasteiger partial charge is 0.0985 e. The van der Waals surface area contributed by atoms with Gasteiger partial charge in [-0.05, 0) is 30.2 Å². The molecule has 0 fully saturated rings. The molecule has 2 aromatic carbocycles. The van der Waals surface area contributed by atoms with E-state index in [9.17, 15) is 0 Å². The van der Waals surface area contributed by atoms with Gasteiger partial charge in [0.25, 0.3) is 0 Å². The van der Waals surface area contributed by atoms with E-state index in [0.717, 1.165) is 27.5 Å². The molecule has 1 atom stereocenters. The summed E-state index contributed by atoms with van der Waals surface area (Å²) in [5.41, 5.74) is 8.12. The zero-order valence-corrected chi connectivity index (χ0v) is 12.5. The number of fused-ring (bicyclic) bond motifs is 1. The summed E-state index contributed by atoms with van der Waals surface area (Å²) in [6, 6.07) is 16.1. The van der Waals surface area contributed by atoms with E-state index in [4.69, 9.17) is 22.3 Å². The lowest BCUT2D eigenvalue weighted by atomic mass is 10.00. The second-order valence-corrected chi connectivity index (χ2v) is 6.22. The first-order valence-corrected chi connectivity index (χ1v) is 7.76. The summed E-state index contributed by atoms with van der Waals surface area (Å²) in [5, 5.41) is 1.89. The number of halogens is 1. The van der Waals surface area contributed by atoms with E-state index in [0.29, 0.717) is 6.54 Å². The van der Waals surface area contributed by atoms with E-state index in [2.05, 4.69) is 12.1 Å². The molecule has 3 aromatic rings. The number of hydrogen-bond donors (Lipinski definition) is 1. The fraction of sp³-hybridized carbons (Fsp3) is 0.188. The van der Waals surface area contributed by atoms with Gasteiger partial charge in [0.05, 0.1) is 15.2 Å². The van der Waals surface area contributed by atoms with Crippen LogP contribution in [0.5, 0.6) is 0 Å². The van der Waals surface area contributed by atoms with Gasteiger partial charge in [-0.25, -0.2) is 4.98 Å². The molecule has 0 spiro atoms. The highest BCUT2D eigenvalue weighted by Gasteiger charge is 2.16. The van der Waals surface area contributed by atoms with Crippen molar-refractivity contribution in [3.63, 3.8) is 0 Å². The first-order chi connectivity index (χ1) is 9.78. The number of nitrogens with zero attached hydrogens (tertiary/aromatic N) is 1. The fourth-order valence-corrected chi connectivity index (χ4v) is 3.56. The molecule has 0 bridgehead atoms. The highest BCUT2D eigenvalue weighted by atomic mass is 35.5. The number of benzene rings is 2. The molecule has 0 radical (unpaired) electrons. The van der Waals surface area contributed by atoms with E-state index in [1.54, 1.807) is 11.3 Å². The van der Waals surface area contributed by atoms with Crippen LogP contribution < -0.4 is 5.73 Å². The van der Waals surface area contributed by atoms with Crippen LogP contribution in [0.3, 0.4) is 0 Å². The minimum absolute atomic E-state index is 0.215. The Labute approximate surface area is 127 Å². The van der Waals surface area contributed by atoms with Gasteiger partial charge in [-0.2, -0.15) is 0 Å². The maximum Gasteiger partial charge on any atom is 0.0985 e. The molecule has 0 saturated carbocycles. The Morgan fingerprint density at radius 2 is 1.85 bits per heavy atom. The molecule has 102 valence electrons. The molecular weight excluding hydrogens is 288 g/mol. The minimum Gasteiger partial charge on any atom is -0.330 e. The lowest BCUT2D eigenvalue weighted by Crippen LogP contribution is -2.15. The lowest BCUT2D eigenvalue weighted by Gasteiger charge is -2.12. The largest absolute Gasteiger partial charge is 0.330 e. The lowest BCUT2D eigenvalue weighted by molar-refractivity contribution is 0.690. The van der Waals surface area contributed by atoms with Crippen LogP contribution in [0.2, 0.25) is 5.02 Å². The van der Waals surface area contributed by atoms with Gasteiger partial charge in [0.15, 0.2) is 0 Å². The Balaban J connectivity index is 1.91. The first kappa shape index (κ1) is 13.6. The van der Waals surface area contributed by atoms with E-state index in [1.807, 2.05) is 36.4 Å². The van der Waals surface area contributed by atoms with Gasteiger partial charge >= 0.3 is 0 Å². The van der Waals surface area contributed by atoms with Gasteiger partial charge in [-0.1, -0.05) is 41.9 Å². The molecule has 3 rings (SSSR count). The van der Waals surface area contributed by atoms with Gasteiger partial charge < -0.3 is 5.73 Å². The summed E-state index contributed by atoms with van der Waals surface area (Å²) in [6.45, 7) is 0.574. The molecule has 20 heavy (non-hydrogen) atoms. The summed E-state index contributed by atoms with van der Waals surface area (Å²) in [5.74, 6) is 0.215. The van der Waals surface area contributed by atoms with Crippen molar-refractivity contribution in [1.82, 2.24) is 4.98 Å². The van der Waals surface area contributed by atoms with Crippen molar-refractivity contribution in [3.05, 3.63) is 64.1 Å². The topological polar surface area (TPSA) is 38.9 Å². The van der Waals surface area contributed by atoms with Crippen molar-refractivity contribution < 1.29 is 0 Å². The molecule has 2 N–H and O–H groups in total. The molecule has 0 aliphatic carbocycles. The normalized spacial score (nSPS) is 12.7. The second kappa shape index (κ2) is 5.92. The Morgan fingerprint density at radius 1 is 1.10 bits per heavy atom. The van der Waals surface area contributed by atoms with E-state index in [-0.39, 0.29) is 5.92 Å². The Bertz CT molecular complexity index is 690. The fourth-order valence-electron chi connectivity index (χ4n) is 2.27. The van der Waals surface area contributed by atoms with Crippen molar-refractivity contribution in [3.8, 4) is 0 Å². The van der Waals surface area contributed by atoms with Gasteiger partial charge in [-0.15, -0.1) is 11.3 Å². The molecule has 1 unspecified atom stereocenters. The predicted molar refractivity (Wildman–Crippen MR) is 86.6 cm³/mol. The van der Waals surface area contributed by atoms with Crippen molar-refractivity contribution in [2.75, 3.05) is 6.54 Å². The van der Waals surface area contributed by atoms with Crippen molar-refractivity contribution >= 4 is 33.2 Å². The molecule has 1 heterocycles. The zero-order valence-electron chi connectivity index (χ0n) is 10.9. The SMILES string of the molecule is NCC(Cc1ccccc1Cl)c1nc2ccccc2s1. The van der Waals surface area contributed by atoms with Crippen LogP contribution in [0.4, 0.5) is 0 Å². The third-order valence-corrected chi connectivity index (χ3v) is 4.94. The third-order valence-electron chi connectivity index (χ3n) is 3.37. The average molecular weight is 303 g/mol. The van der Waals surface area contributed by atoms with Crippen LogP contribution in [-0.2, 0) is 6.42 Å². The molecule has 0 saturated heterocycles. The van der Waals surface area contributed by atoms with E-state index >= 15 is 0 Å². The third kappa shape index (κ3) is 2.70. The molecule has 1 aromatic heterocycles. The van der Waals surface area contributed by atoms with Gasteiger partial charge in [0.2, 0.25) is 0 Å². The van der Waals surface area contributed by atoms with Gasteiger partial charge in [0.1, 0.15) is 0 Å². The number of nitrogens with two attached hydrogens (primary N) is 1. The number of thiazole rings is 1. The Hall–Kier alpha value is -1.42. The van der Waals surface area contributed by atoms with Crippen LogP contribution in [0.15, 0.2) is 48.5 Å². The summed E-state index contributed by atoms with van der Waals surface area (Å²) < 4.78 is 1.21. The van der Waals surface area contributed by atoms with E-state index in [1.165, 1.54) is 4.70 Å². The zero-order chi connectivity index (χ0) is 13.9. The van der Waals surface area contributed by atoms with Crippen LogP contribution in [0.25, 0.3) is 10.2 Å². The summed E-state index contributed by atoms with van der Waals surface area (Å²) in [4.78, 5) is 4.71. The predicted octanol–water partition coefficient (Wildman–Crippen LogP) is 4.23. The first-order valence-electron chi connectivity index (χ1n) is 6.57. The molecule has 0 aliphatic rings. The summed E-state index contributed by atoms with van der Waals surface area (Å²) in [6.07, 6.45) is 0.829. The average Bonchev–Trinajstić information content (AvgIpc) is 2.90. The van der Waals surface area contributed by atoms with Crippen LogP contribution in [0, 0.1) is 0 Å². The van der Waals surface area contributed by atoms with Crippen molar-refractivity contribution in [1.29, 1.82) is 0 Å². The number of hydrogen-bond acceptors (Lipinski definition) is 3. The second-order valence-electron chi connectivity index (χ2n) is 4.75. The van der Waals surface area contributed by atoms with E-state index < -0.39 is 0 Å². The van der Waals surface area contributed by atoms with Crippen LogP contribution >= 0.6 is 22.9 Å². The van der Waals surface area contributed by atoms with Crippen molar-refractivity contribution in [2.24, 2.45) is 5.73 Å². The molecule has 2 nitrogen and oxygen atoms in total. The van der Waals surface area contributed by atoms with Crippen molar-refractivity contribution in [2.45, 2.75) is 12.3 Å². The highest BCUT2D eigenvalue weighted by molar-refractivity contribution is 7.18. The quantitative estimate of drug-likeness (QED) is 0.783. The Morgan fingerprint density at radius 3 is 2.60 bits per heavy atom. The number of aromatic nitrogens is 1. The standard InChI is InChI=1S/C16H15ClN2S/c17-13-6-2-1-5-11(13)9-12(10-18)16-19-14-7-3-4-8-15(14)20-16/h1-8,12H,9-10,18H2. The summed E-state index contributed by atoms with van der Waals surface area (Å²) in [7, 11) is 0. The maximum atomic E-state index is 6.23. The van der Waals surface area contributed by atoms with Crippen LogP contribution in [0.1, 0.15) is 16.5 Å². The molecule has 0 aliphatic heterocycles. The highest BCUT2D eigenvalue weighted by Crippen LogP contribution is 2.30. The minimum atomic E-state index is 0.215. The number of rotatable bonds is 4. The number of para-hydroxylation sites is 1. The van der Waals surface area contributed by atoms with Gasteiger partial charge in [0, 0.05) is 17.5 Å². The molecule has 4 heteroatoms. The molecular formula is C16H15ClN2S. The Kier molecular flexibility index (Phi) is 4.01. The van der Waals surface area contributed by atoms with Crippen LogP contribution in [-0.4, -0.2) is 11.5 Å². The summed E-state index contributed by atoms with van der Waals surface area (Å²) >= 11 is 7.95.